The van der Waals surface area contributed by atoms with Crippen LogP contribution in [0, 0.1) is 12.3 Å². The van der Waals surface area contributed by atoms with Crippen LogP contribution >= 0.6 is 11.6 Å². The van der Waals surface area contributed by atoms with Crippen molar-refractivity contribution in [3.8, 4) is 18.1 Å². The molecule has 1 rings (SSSR count). The van der Waals surface area contributed by atoms with Gasteiger partial charge in [0.1, 0.15) is 5.75 Å². The van der Waals surface area contributed by atoms with Crippen molar-refractivity contribution in [1.82, 2.24) is 0 Å². The number of benzene rings is 1. The van der Waals surface area contributed by atoms with E-state index >= 15 is 0 Å². The number of terminal acetylenes is 1. The summed E-state index contributed by atoms with van der Waals surface area (Å²) in [4.78, 5) is 0. The van der Waals surface area contributed by atoms with Gasteiger partial charge < -0.3 is 4.74 Å². The van der Waals surface area contributed by atoms with Crippen LogP contribution in [0.4, 0.5) is 0 Å². The molecule has 1 aromatic carbocycles. The molecule has 0 N–H and O–H groups in total. The van der Waals surface area contributed by atoms with Crippen molar-refractivity contribution in [1.29, 1.82) is 0 Å². The van der Waals surface area contributed by atoms with Crippen LogP contribution in [-0.4, -0.2) is 7.11 Å². The highest BCUT2D eigenvalue weighted by molar-refractivity contribution is 6.30. The first-order valence-electron chi connectivity index (χ1n) is 3.08. The van der Waals surface area contributed by atoms with Crippen LogP contribution in [0.2, 0.25) is 5.02 Å². The third-order valence-electron chi connectivity index (χ3n) is 1.32. The van der Waals surface area contributed by atoms with Crippen molar-refractivity contribution in [2.24, 2.45) is 0 Å². The van der Waals surface area contributed by atoms with Crippen molar-refractivity contribution in [3.63, 3.8) is 0 Å². The number of methoxy groups -OCH3 is 1. The van der Waals surface area contributed by atoms with E-state index in [0.717, 1.165) is 5.56 Å². The van der Waals surface area contributed by atoms with Gasteiger partial charge in [-0.2, -0.15) is 0 Å². The van der Waals surface area contributed by atoms with Crippen molar-refractivity contribution in [2.75, 3.05) is 7.11 Å². The number of rotatable bonds is 1. The Balaban J connectivity index is 3.19. The van der Waals surface area contributed by atoms with Gasteiger partial charge in [0.05, 0.1) is 12.7 Å². The Hall–Kier alpha value is -1.13. The Kier molecular flexibility index (Phi) is 2.40. The second kappa shape index (κ2) is 3.32. The largest absolute Gasteiger partial charge is 0.495 e. The summed E-state index contributed by atoms with van der Waals surface area (Å²) in [5.74, 6) is 3.13. The summed E-state index contributed by atoms with van der Waals surface area (Å²) in [5.41, 5.74) is 0.719. The lowest BCUT2D eigenvalue weighted by molar-refractivity contribution is 0.413. The fourth-order valence-corrected chi connectivity index (χ4v) is 0.946. The maximum absolute atomic E-state index is 5.70. The maximum Gasteiger partial charge on any atom is 0.135 e. The van der Waals surface area contributed by atoms with Crippen molar-refractivity contribution in [3.05, 3.63) is 28.8 Å². The van der Waals surface area contributed by atoms with E-state index in [0.29, 0.717) is 10.8 Å². The number of halogens is 1. The molecule has 0 saturated carbocycles. The SMILES string of the molecule is C#Cc1ccc(Cl)cc1OC. The molecule has 0 aromatic heterocycles. The van der Waals surface area contributed by atoms with Crippen molar-refractivity contribution >= 4 is 11.6 Å². The molecule has 0 aliphatic rings. The van der Waals surface area contributed by atoms with E-state index in [1.54, 1.807) is 25.3 Å². The van der Waals surface area contributed by atoms with Gasteiger partial charge in [0.25, 0.3) is 0 Å². The van der Waals surface area contributed by atoms with Crippen molar-refractivity contribution < 1.29 is 4.74 Å². The smallest absolute Gasteiger partial charge is 0.135 e. The summed E-state index contributed by atoms with van der Waals surface area (Å²) in [7, 11) is 1.56. The Morgan fingerprint density at radius 3 is 2.82 bits per heavy atom. The van der Waals surface area contributed by atoms with Crippen LogP contribution in [0.1, 0.15) is 5.56 Å². The third-order valence-corrected chi connectivity index (χ3v) is 1.55. The van der Waals surface area contributed by atoms with Crippen LogP contribution in [0.15, 0.2) is 18.2 Å². The molecule has 0 amide bonds. The highest BCUT2D eigenvalue weighted by atomic mass is 35.5. The first kappa shape index (κ1) is 7.97. The van der Waals surface area contributed by atoms with Gasteiger partial charge in [-0.3, -0.25) is 0 Å². The summed E-state index contributed by atoms with van der Waals surface area (Å²) in [6, 6.07) is 5.18. The molecule has 0 unspecified atom stereocenters. The lowest BCUT2D eigenvalue weighted by atomic mass is 10.2. The Morgan fingerprint density at radius 2 is 2.27 bits per heavy atom. The maximum atomic E-state index is 5.70. The van der Waals surface area contributed by atoms with E-state index in [4.69, 9.17) is 22.8 Å². The number of hydrogen-bond donors (Lipinski definition) is 0. The summed E-state index contributed by atoms with van der Waals surface area (Å²) in [6.07, 6.45) is 5.20. The molecule has 0 fully saturated rings. The van der Waals surface area contributed by atoms with E-state index in [2.05, 4.69) is 5.92 Å². The minimum atomic E-state index is 0.626. The summed E-state index contributed by atoms with van der Waals surface area (Å²) in [6.45, 7) is 0. The molecule has 0 bridgehead atoms. The van der Waals surface area contributed by atoms with Gasteiger partial charge in [0, 0.05) is 11.1 Å². The molecular formula is C9H7ClO. The third kappa shape index (κ3) is 1.66. The predicted octanol–water partition coefficient (Wildman–Crippen LogP) is 2.33. The van der Waals surface area contributed by atoms with Crippen LogP contribution in [0.3, 0.4) is 0 Å². The topological polar surface area (TPSA) is 9.23 Å². The van der Waals surface area contributed by atoms with E-state index in [1.165, 1.54) is 0 Å². The molecule has 0 radical (unpaired) electrons. The summed E-state index contributed by atoms with van der Waals surface area (Å²) in [5, 5.41) is 0.626. The van der Waals surface area contributed by atoms with E-state index < -0.39 is 0 Å². The molecule has 1 nitrogen and oxygen atoms in total. The van der Waals surface area contributed by atoms with Gasteiger partial charge in [-0.15, -0.1) is 6.42 Å². The van der Waals surface area contributed by atoms with Gasteiger partial charge in [0.2, 0.25) is 0 Å². The van der Waals surface area contributed by atoms with Gasteiger partial charge in [-0.1, -0.05) is 17.5 Å². The monoisotopic (exact) mass is 166 g/mol. The fraction of sp³-hybridized carbons (Fsp3) is 0.111. The lowest BCUT2D eigenvalue weighted by Crippen LogP contribution is -1.86. The fourth-order valence-electron chi connectivity index (χ4n) is 0.784. The van der Waals surface area contributed by atoms with Crippen LogP contribution in [-0.2, 0) is 0 Å². The van der Waals surface area contributed by atoms with Gasteiger partial charge in [-0.25, -0.2) is 0 Å². The zero-order chi connectivity index (χ0) is 8.27. The standard InChI is InChI=1S/C9H7ClO/c1-3-7-4-5-8(10)6-9(7)11-2/h1,4-6H,2H3. The van der Waals surface area contributed by atoms with Crippen LogP contribution in [0.5, 0.6) is 5.75 Å². The first-order valence-corrected chi connectivity index (χ1v) is 3.46. The van der Waals surface area contributed by atoms with Gasteiger partial charge in [0.15, 0.2) is 0 Å². The molecule has 1 aromatic rings. The summed E-state index contributed by atoms with van der Waals surface area (Å²) >= 11 is 5.70. The van der Waals surface area contributed by atoms with Crippen LogP contribution < -0.4 is 4.74 Å². The highest BCUT2D eigenvalue weighted by Crippen LogP contribution is 2.21. The molecule has 0 heterocycles. The zero-order valence-corrected chi connectivity index (χ0v) is 6.85. The number of ether oxygens (including phenoxy) is 1. The van der Waals surface area contributed by atoms with Crippen molar-refractivity contribution in [2.45, 2.75) is 0 Å². The molecule has 0 atom stereocenters. The second-order valence-electron chi connectivity index (χ2n) is 1.99. The molecule has 11 heavy (non-hydrogen) atoms. The minimum absolute atomic E-state index is 0.626. The Labute approximate surface area is 70.9 Å². The molecule has 0 spiro atoms. The second-order valence-corrected chi connectivity index (χ2v) is 2.43. The number of hydrogen-bond acceptors (Lipinski definition) is 1. The lowest BCUT2D eigenvalue weighted by Gasteiger charge is -2.02. The predicted molar refractivity (Wildman–Crippen MR) is 45.9 cm³/mol. The zero-order valence-electron chi connectivity index (χ0n) is 6.10. The molecule has 56 valence electrons. The minimum Gasteiger partial charge on any atom is -0.495 e. The normalized spacial score (nSPS) is 8.82. The van der Waals surface area contributed by atoms with Crippen LogP contribution in [0.25, 0.3) is 0 Å². The quantitative estimate of drug-likeness (QED) is 0.582. The molecule has 0 saturated heterocycles. The van der Waals surface area contributed by atoms with Gasteiger partial charge >= 0.3 is 0 Å². The molecule has 2 heteroatoms. The molecule has 0 aliphatic carbocycles. The van der Waals surface area contributed by atoms with Gasteiger partial charge in [-0.05, 0) is 12.1 Å². The highest BCUT2D eigenvalue weighted by Gasteiger charge is 1.98. The average Bonchev–Trinajstić information content (AvgIpc) is 2.04. The molecule has 0 aliphatic heterocycles. The first-order chi connectivity index (χ1) is 5.27. The average molecular weight is 167 g/mol. The van der Waals surface area contributed by atoms with E-state index in [9.17, 15) is 0 Å². The summed E-state index contributed by atoms with van der Waals surface area (Å²) < 4.78 is 4.99. The molecular weight excluding hydrogens is 160 g/mol. The Morgan fingerprint density at radius 1 is 1.55 bits per heavy atom. The van der Waals surface area contributed by atoms with E-state index in [1.807, 2.05) is 0 Å². The van der Waals surface area contributed by atoms with E-state index in [-0.39, 0.29) is 0 Å². The Bertz CT molecular complexity index is 299.